The maximum atomic E-state index is 15.0. The Morgan fingerprint density at radius 3 is 1.13 bits per heavy atom. The monoisotopic (exact) mass is 1980 g/mol. The molecule has 8 aromatic rings. The van der Waals surface area contributed by atoms with E-state index < -0.39 is 90.9 Å². The number of amides is 10. The van der Waals surface area contributed by atoms with Crippen LogP contribution in [-0.4, -0.2) is 279 Å². The molecule has 43 heteroatoms. The molecule has 10 N–H and O–H groups in total. The van der Waals surface area contributed by atoms with Crippen LogP contribution in [0.25, 0.3) is 44.5 Å². The van der Waals surface area contributed by atoms with Gasteiger partial charge in [-0.15, -0.1) is 0 Å². The number of hydrogen-bond acceptors (Lipinski definition) is 26. The van der Waals surface area contributed by atoms with Crippen LogP contribution in [0.4, 0.5) is 73.5 Å². The number of alkyl halides is 1. The van der Waals surface area contributed by atoms with E-state index in [1.807, 2.05) is 36.4 Å². The summed E-state index contributed by atoms with van der Waals surface area (Å²) in [6, 6.07) is 46.5. The second kappa shape index (κ2) is 61.0. The predicted octanol–water partition coefficient (Wildman–Crippen LogP) is 11.9. The molecule has 36 nitrogen and oxygen atoms in total. The molecule has 5 aliphatic rings. The van der Waals surface area contributed by atoms with Crippen LogP contribution in [0, 0.1) is 23.3 Å². The van der Waals surface area contributed by atoms with Crippen LogP contribution >= 0.6 is 0 Å². The van der Waals surface area contributed by atoms with Crippen molar-refractivity contribution in [2.45, 2.75) is 126 Å². The molecule has 0 bridgehead atoms. The average Bonchev–Trinajstić information content (AvgIpc) is 1.74. The molecule has 142 heavy (non-hydrogen) atoms. The van der Waals surface area contributed by atoms with Gasteiger partial charge in [0.15, 0.2) is 0 Å². The number of nitrogens with zero attached hydrogens (tertiary/aromatic N) is 7. The molecule has 5 heterocycles. The van der Waals surface area contributed by atoms with E-state index >= 15 is 4.39 Å². The van der Waals surface area contributed by atoms with Gasteiger partial charge < -0.3 is 90.8 Å². The fourth-order valence-corrected chi connectivity index (χ4v) is 13.9. The van der Waals surface area contributed by atoms with Crippen LogP contribution in [0.3, 0.4) is 0 Å². The third kappa shape index (κ3) is 38.7. The minimum absolute atomic E-state index is 0.00958. The molecule has 0 aromatic heterocycles. The number of aldehydes is 1. The predicted molar refractivity (Wildman–Crippen MR) is 524 cm³/mol. The first kappa shape index (κ1) is 115. The van der Waals surface area contributed by atoms with Crippen LogP contribution < -0.4 is 51.9 Å². The van der Waals surface area contributed by atoms with E-state index in [0.29, 0.717) is 114 Å². The van der Waals surface area contributed by atoms with Gasteiger partial charge in [-0.25, -0.2) is 46.3 Å². The Balaban J connectivity index is 0.000000274. The van der Waals surface area contributed by atoms with E-state index in [-0.39, 0.29) is 121 Å². The maximum Gasteiger partial charge on any atom is 0.0785 e. The summed E-state index contributed by atoms with van der Waals surface area (Å²) in [6.07, 6.45) is -4.40. The zero-order valence-corrected chi connectivity index (χ0v) is 81.3. The Bertz CT molecular complexity index is 5430. The Hall–Kier alpha value is -13.8. The van der Waals surface area contributed by atoms with Gasteiger partial charge in [-0.1, -0.05) is 118 Å². The van der Waals surface area contributed by atoms with E-state index in [2.05, 4.69) is 61.9 Å². The number of carbonyl (C=O) groups excluding carboxylic acids is 11. The quantitative estimate of drug-likeness (QED) is 0.00339. The van der Waals surface area contributed by atoms with Crippen LogP contribution in [-0.2, 0) is 81.6 Å². The Kier molecular flexibility index (Phi) is 49.5. The number of carbonyl (C=O) groups is 11. The van der Waals surface area contributed by atoms with Crippen LogP contribution in [0.5, 0.6) is 0 Å². The number of ether oxygens (including phenoxy) is 6. The Labute approximate surface area is 824 Å². The van der Waals surface area contributed by atoms with E-state index in [1.165, 1.54) is 104 Å². The third-order valence-corrected chi connectivity index (χ3v) is 21.0. The van der Waals surface area contributed by atoms with Crippen LogP contribution in [0.2, 0.25) is 6.82 Å². The number of nitrogens with two attached hydrogens (primary N) is 1. The standard InChI is InChI=1S/C26H32FN3O6.C22H22FN3O5.C21H24FN3O4.C19H17FN2O4.C6H15N.C2H5B2O3.C2H7NO.CH3F/c1-17(32)28-14-21-16-30(25(34)35-21)20-9-10-22(23(27)13-20)19-7-5-18(6-8-19)15-29(11-12-31)24(33)36-26(2,3)4;1-14(27)24-11-18-13-26(22(29)31-18)17-6-7-19(20(23)10-17)16-4-2-15(3-5-16)12-25-8-9-30-21(25)28;1-14(27)24-12-18-13-25(21(28)29-18)17-6-7-19(20(22)10-17)16-4-2-15(3-5-16)11-23-8-9-26;1-12(24)21-9-16-10-22(19(25)26-16)15-6-7-17(18(20)8-15)14-4-2-13(11-23)3-5-14;1-4-7(5-2)6-3;1-3-7-6-2-4-5;3-1-2-4;1-2/h5-10,13,21,31H,11-12,14-16H2,1-4H3,(H,28,32);2-7,10,18H,8-9,11-13H2,1H3,(H,24,27);2-7,10,18,23,26H,8-9,11-13H2,1H3,(H,24,27);2-8,11,16H,9-10H2,1H3,(H,21,24);4-6H2,1-3H3;2H2,1H3;4H,1-3H2;1H3/t21-;2*18-;16-;;;;/m0000..../s1/i;;;;;;;1D. The van der Waals surface area contributed by atoms with Crippen molar-refractivity contribution >= 4 is 104 Å². The van der Waals surface area contributed by atoms with Crippen molar-refractivity contribution in [2.75, 3.05) is 158 Å². The SMILES string of the molecule is CC(=O)NC[C@H]1CN(c2ccc(-c3ccc(C=O)cc3)c(F)c2)C(=O)O1.CC(=O)NC[C@H]1CN(c2ccc(-c3ccc(CN(CCO)C(=O)OC(C)(C)C)cc3)c(F)c2)C(=O)O1.CC(=O)NC[C@H]1CN(c2ccc(-c3ccc(CN4CCOC4=O)cc3)c(F)c2)C(=O)O1.CC(=O)NC[C@H]1CN(c2ccc(-c3ccc(CNCCO)cc3)c(F)c2)C(=O)O1.CCN(CC)CC.C[B]OOCB=O.NCCO.[2H]CF. The van der Waals surface area contributed by atoms with Gasteiger partial charge in [0.1, 0.15) is 66.2 Å². The first-order chi connectivity index (χ1) is 68.4. The fourth-order valence-electron chi connectivity index (χ4n) is 13.9. The van der Waals surface area contributed by atoms with Gasteiger partial charge in [0.05, 0.1) is 110 Å². The summed E-state index contributed by atoms with van der Waals surface area (Å²) in [6.45, 7) is 27.6. The van der Waals surface area contributed by atoms with Crippen molar-refractivity contribution in [3.8, 4) is 44.5 Å². The van der Waals surface area contributed by atoms with Crippen molar-refractivity contribution in [1.29, 1.82) is 0 Å². The summed E-state index contributed by atoms with van der Waals surface area (Å²) in [4.78, 5) is 146. The molecule has 1 radical (unpaired) electrons. The van der Waals surface area contributed by atoms with Gasteiger partial charge in [-0.05, 0) is 152 Å². The second-order valence-corrected chi connectivity index (χ2v) is 32.7. The molecule has 0 unspecified atom stereocenters. The van der Waals surface area contributed by atoms with E-state index in [0.717, 1.165) is 28.5 Å². The van der Waals surface area contributed by atoms with Gasteiger partial charge in [-0.2, -0.15) is 0 Å². The number of aliphatic hydroxyl groups is 3. The van der Waals surface area contributed by atoms with E-state index in [4.69, 9.17) is 45.7 Å². The second-order valence-electron chi connectivity index (χ2n) is 32.7. The summed E-state index contributed by atoms with van der Waals surface area (Å²) in [7, 11) is 0.965. The molecule has 0 saturated carbocycles. The van der Waals surface area contributed by atoms with Gasteiger partial charge >= 0.3 is 78.9 Å². The smallest absolute Gasteiger partial charge is 0.0785 e. The largest absolute Gasteiger partial charge is 0.395 e. The normalized spacial score (nSPS) is 15.4. The summed E-state index contributed by atoms with van der Waals surface area (Å²) < 4.78 is 115. The van der Waals surface area contributed by atoms with Crippen molar-refractivity contribution in [3.63, 3.8) is 0 Å². The van der Waals surface area contributed by atoms with Crippen LogP contribution in [0.1, 0.15) is 97.7 Å². The van der Waals surface area contributed by atoms with Crippen molar-refractivity contribution in [2.24, 2.45) is 5.73 Å². The third-order valence-electron chi connectivity index (χ3n) is 21.0. The number of halogens is 5. The molecular formula is C99H125B2F5N13O23. The number of nitrogens with one attached hydrogen (secondary N) is 5. The van der Waals surface area contributed by atoms with Crippen molar-refractivity contribution < 1.29 is 134 Å². The van der Waals surface area contributed by atoms with Gasteiger partial charge in [-0.3, -0.25) is 48.0 Å². The topological polar surface area (TPSA) is 448 Å². The molecule has 10 amide bonds. The molecule has 5 saturated heterocycles. The minimum atomic E-state index is -1.00. The van der Waals surface area contributed by atoms with E-state index in [1.54, 1.807) is 142 Å². The molecular weight excluding hydrogens is 1860 g/mol. The summed E-state index contributed by atoms with van der Waals surface area (Å²) in [5.41, 5.74) is 13.1. The number of benzene rings is 8. The number of hydrogen-bond donors (Lipinski definition) is 9. The molecule has 765 valence electrons. The molecule has 5 fully saturated rings. The number of cyclic esters (lactones) is 5. The minimum Gasteiger partial charge on any atom is -0.395 e. The van der Waals surface area contributed by atoms with Gasteiger partial charge in [0, 0.05) is 94.8 Å². The number of anilines is 4. The van der Waals surface area contributed by atoms with Gasteiger partial charge in [0.25, 0.3) is 0 Å². The molecule has 5 aliphatic heterocycles. The number of rotatable bonds is 35. The summed E-state index contributed by atoms with van der Waals surface area (Å²) in [5.74, 6) is -2.75. The molecule has 8 aromatic carbocycles. The zero-order valence-electron chi connectivity index (χ0n) is 82.3. The summed E-state index contributed by atoms with van der Waals surface area (Å²) in [5, 5.41) is 39.4. The Morgan fingerprint density at radius 2 is 0.859 bits per heavy atom. The first-order valence-corrected chi connectivity index (χ1v) is 45.5. The van der Waals surface area contributed by atoms with Gasteiger partial charge in [0.2, 0.25) is 23.6 Å². The summed E-state index contributed by atoms with van der Waals surface area (Å²) >= 11 is 0. The number of aliphatic hydroxyl groups excluding tert-OH is 3. The molecule has 13 rings (SSSR count). The van der Waals surface area contributed by atoms with Crippen molar-refractivity contribution in [3.05, 3.63) is 215 Å². The molecule has 4 atom stereocenters. The van der Waals surface area contributed by atoms with Crippen LogP contribution in [0.15, 0.2) is 170 Å². The first-order valence-electron chi connectivity index (χ1n) is 46.2. The average molecular weight is 1980 g/mol. The Morgan fingerprint density at radius 1 is 0.521 bits per heavy atom. The fraction of sp³-hybridized carbons (Fsp3) is 0.404. The van der Waals surface area contributed by atoms with Crippen molar-refractivity contribution in [1.82, 2.24) is 41.3 Å². The maximum absolute atomic E-state index is 15.0. The van der Waals surface area contributed by atoms with E-state index in [9.17, 15) is 80.1 Å². The molecule has 0 spiro atoms. The zero-order chi connectivity index (χ0) is 105. The molecule has 0 aliphatic carbocycles.